The van der Waals surface area contributed by atoms with Crippen molar-refractivity contribution in [3.05, 3.63) is 59.7 Å². The third-order valence-electron chi connectivity index (χ3n) is 6.32. The molecule has 2 aromatic carbocycles. The van der Waals surface area contributed by atoms with Gasteiger partial charge in [0.2, 0.25) is 10.0 Å². The summed E-state index contributed by atoms with van der Waals surface area (Å²) in [5.41, 5.74) is 0.162. The van der Waals surface area contributed by atoms with E-state index in [1.54, 1.807) is 0 Å². The SMILES string of the molecule is CC(NS(=O)(=O)c1ccc(NC(=O)c2cc(F)cc(F)c2)cc1)C1CC2CCC1C2. The highest BCUT2D eigenvalue weighted by Gasteiger charge is 2.42. The number of benzene rings is 2. The number of sulfonamides is 1. The van der Waals surface area contributed by atoms with Gasteiger partial charge >= 0.3 is 0 Å². The Bertz CT molecular complexity index is 1040. The van der Waals surface area contributed by atoms with Gasteiger partial charge in [0.05, 0.1) is 4.90 Å². The van der Waals surface area contributed by atoms with Gasteiger partial charge in [-0.05, 0) is 80.3 Å². The number of hydrogen-bond donors (Lipinski definition) is 2. The molecule has 160 valence electrons. The zero-order chi connectivity index (χ0) is 21.5. The van der Waals surface area contributed by atoms with Gasteiger partial charge in [-0.3, -0.25) is 4.79 Å². The van der Waals surface area contributed by atoms with Crippen LogP contribution in [0.15, 0.2) is 47.4 Å². The van der Waals surface area contributed by atoms with E-state index >= 15 is 0 Å². The molecule has 2 fully saturated rings. The Morgan fingerprint density at radius 1 is 1.03 bits per heavy atom. The molecular formula is C22H24F2N2O3S. The maximum Gasteiger partial charge on any atom is 0.255 e. The fourth-order valence-electron chi connectivity index (χ4n) is 4.91. The van der Waals surface area contributed by atoms with Gasteiger partial charge in [-0.25, -0.2) is 21.9 Å². The number of nitrogens with one attached hydrogen (secondary N) is 2. The summed E-state index contributed by atoms with van der Waals surface area (Å²) in [7, 11) is -3.68. The van der Waals surface area contributed by atoms with Crippen LogP contribution in [-0.2, 0) is 10.0 Å². The van der Waals surface area contributed by atoms with Crippen molar-refractivity contribution in [3.63, 3.8) is 0 Å². The van der Waals surface area contributed by atoms with Gasteiger partial charge in [0.15, 0.2) is 0 Å². The lowest BCUT2D eigenvalue weighted by molar-refractivity contribution is 0.102. The molecular weight excluding hydrogens is 410 g/mol. The molecule has 2 N–H and O–H groups in total. The lowest BCUT2D eigenvalue weighted by Gasteiger charge is -2.28. The van der Waals surface area contributed by atoms with Crippen molar-refractivity contribution in [2.24, 2.45) is 17.8 Å². The Morgan fingerprint density at radius 3 is 2.27 bits per heavy atom. The van der Waals surface area contributed by atoms with E-state index in [9.17, 15) is 22.0 Å². The smallest absolute Gasteiger partial charge is 0.255 e. The van der Waals surface area contributed by atoms with Crippen LogP contribution in [0, 0.1) is 29.4 Å². The molecule has 0 spiro atoms. The van der Waals surface area contributed by atoms with Crippen molar-refractivity contribution in [2.45, 2.75) is 43.5 Å². The number of fused-ring (bicyclic) bond motifs is 2. The molecule has 0 radical (unpaired) electrons. The zero-order valence-corrected chi connectivity index (χ0v) is 17.4. The summed E-state index contributed by atoms with van der Waals surface area (Å²) in [6.07, 6.45) is 4.74. The highest BCUT2D eigenvalue weighted by atomic mass is 32.2. The van der Waals surface area contributed by atoms with E-state index in [2.05, 4.69) is 10.0 Å². The lowest BCUT2D eigenvalue weighted by atomic mass is 9.84. The van der Waals surface area contributed by atoms with Gasteiger partial charge < -0.3 is 5.32 Å². The molecule has 2 aromatic rings. The number of anilines is 1. The van der Waals surface area contributed by atoms with Crippen molar-refractivity contribution in [1.82, 2.24) is 4.72 Å². The van der Waals surface area contributed by atoms with Crippen LogP contribution in [0.5, 0.6) is 0 Å². The van der Waals surface area contributed by atoms with Crippen molar-refractivity contribution in [2.75, 3.05) is 5.32 Å². The first-order valence-electron chi connectivity index (χ1n) is 10.1. The summed E-state index contributed by atoms with van der Waals surface area (Å²) in [5.74, 6) is -0.662. The van der Waals surface area contributed by atoms with Crippen LogP contribution in [0.2, 0.25) is 0 Å². The zero-order valence-electron chi connectivity index (χ0n) is 16.6. The second-order valence-electron chi connectivity index (χ2n) is 8.39. The first-order chi connectivity index (χ1) is 14.2. The summed E-state index contributed by atoms with van der Waals surface area (Å²) in [5, 5.41) is 2.51. The number of hydrogen-bond acceptors (Lipinski definition) is 3. The maximum absolute atomic E-state index is 13.3. The Balaban J connectivity index is 1.41. The number of carbonyl (C=O) groups excluding carboxylic acids is 1. The first kappa shape index (κ1) is 20.9. The van der Waals surface area contributed by atoms with E-state index in [-0.39, 0.29) is 16.5 Å². The number of amides is 1. The summed E-state index contributed by atoms with van der Waals surface area (Å²) in [4.78, 5) is 12.3. The summed E-state index contributed by atoms with van der Waals surface area (Å²) < 4.78 is 54.9. The van der Waals surface area contributed by atoms with Crippen LogP contribution >= 0.6 is 0 Å². The molecule has 0 heterocycles. The Kier molecular flexibility index (Phi) is 5.63. The van der Waals surface area contributed by atoms with Crippen LogP contribution in [0.4, 0.5) is 14.5 Å². The topological polar surface area (TPSA) is 75.3 Å². The van der Waals surface area contributed by atoms with E-state index in [1.165, 1.54) is 43.5 Å². The summed E-state index contributed by atoms with van der Waals surface area (Å²) in [6, 6.07) is 8.11. The van der Waals surface area contributed by atoms with E-state index < -0.39 is 27.6 Å². The quantitative estimate of drug-likeness (QED) is 0.711. The van der Waals surface area contributed by atoms with Crippen molar-refractivity contribution >= 4 is 21.6 Å². The number of rotatable bonds is 6. The highest BCUT2D eigenvalue weighted by molar-refractivity contribution is 7.89. The fraction of sp³-hybridized carbons (Fsp3) is 0.409. The Hall–Kier alpha value is -2.32. The third kappa shape index (κ3) is 4.39. The monoisotopic (exact) mass is 434 g/mol. The molecule has 30 heavy (non-hydrogen) atoms. The predicted octanol–water partition coefficient (Wildman–Crippen LogP) is 4.32. The van der Waals surface area contributed by atoms with Crippen molar-refractivity contribution < 1.29 is 22.0 Å². The molecule has 1 amide bonds. The van der Waals surface area contributed by atoms with Crippen LogP contribution < -0.4 is 10.0 Å². The maximum atomic E-state index is 13.3. The largest absolute Gasteiger partial charge is 0.322 e. The predicted molar refractivity (Wildman–Crippen MR) is 109 cm³/mol. The molecule has 4 rings (SSSR count). The molecule has 0 aliphatic heterocycles. The second-order valence-corrected chi connectivity index (χ2v) is 10.1. The third-order valence-corrected chi connectivity index (χ3v) is 7.90. The molecule has 5 nitrogen and oxygen atoms in total. The average Bonchev–Trinajstić information content (AvgIpc) is 3.31. The minimum absolute atomic E-state index is 0.104. The Labute approximate surface area is 174 Å². The van der Waals surface area contributed by atoms with Crippen LogP contribution in [0.1, 0.15) is 43.0 Å². The van der Waals surface area contributed by atoms with Crippen molar-refractivity contribution in [3.8, 4) is 0 Å². The standard InChI is InChI=1S/C22H24F2N2O3S/c1-13(21-9-14-2-3-15(21)8-14)26-30(28,29)20-6-4-19(5-7-20)25-22(27)16-10-17(23)12-18(24)11-16/h4-7,10-15,21,26H,2-3,8-9H2,1H3,(H,25,27). The van der Waals surface area contributed by atoms with Crippen LogP contribution in [-0.4, -0.2) is 20.4 Å². The first-order valence-corrected chi connectivity index (χ1v) is 11.6. The molecule has 4 atom stereocenters. The number of halogens is 2. The molecule has 2 aliphatic carbocycles. The average molecular weight is 435 g/mol. The van der Waals surface area contributed by atoms with E-state index in [4.69, 9.17) is 0 Å². The van der Waals surface area contributed by atoms with E-state index in [0.29, 0.717) is 23.6 Å². The molecule has 4 unspecified atom stereocenters. The molecule has 2 bridgehead atoms. The summed E-state index contributed by atoms with van der Waals surface area (Å²) in [6.45, 7) is 1.93. The minimum atomic E-state index is -3.68. The Morgan fingerprint density at radius 2 is 1.70 bits per heavy atom. The highest BCUT2D eigenvalue weighted by Crippen LogP contribution is 2.49. The van der Waals surface area contributed by atoms with E-state index in [0.717, 1.165) is 24.5 Å². The molecule has 2 aliphatic rings. The normalized spacial score (nSPS) is 24.0. The van der Waals surface area contributed by atoms with Gasteiger partial charge in [0.25, 0.3) is 5.91 Å². The van der Waals surface area contributed by atoms with Crippen molar-refractivity contribution in [1.29, 1.82) is 0 Å². The van der Waals surface area contributed by atoms with Gasteiger partial charge in [-0.1, -0.05) is 6.42 Å². The second kappa shape index (κ2) is 8.07. The lowest BCUT2D eigenvalue weighted by Crippen LogP contribution is -2.40. The van der Waals surface area contributed by atoms with Crippen LogP contribution in [0.3, 0.4) is 0 Å². The van der Waals surface area contributed by atoms with Crippen LogP contribution in [0.25, 0.3) is 0 Å². The molecule has 0 saturated heterocycles. The van der Waals surface area contributed by atoms with Gasteiger partial charge in [0, 0.05) is 23.4 Å². The summed E-state index contributed by atoms with van der Waals surface area (Å²) >= 11 is 0. The van der Waals surface area contributed by atoms with Gasteiger partial charge in [-0.2, -0.15) is 0 Å². The minimum Gasteiger partial charge on any atom is -0.322 e. The van der Waals surface area contributed by atoms with Gasteiger partial charge in [0.1, 0.15) is 11.6 Å². The number of carbonyl (C=O) groups is 1. The molecule has 8 heteroatoms. The fourth-order valence-corrected chi connectivity index (χ4v) is 6.21. The van der Waals surface area contributed by atoms with E-state index in [1.807, 2.05) is 6.92 Å². The molecule has 0 aromatic heterocycles. The molecule has 2 saturated carbocycles. The van der Waals surface area contributed by atoms with Gasteiger partial charge in [-0.15, -0.1) is 0 Å².